The van der Waals surface area contributed by atoms with Gasteiger partial charge in [0.15, 0.2) is 0 Å². The number of amides is 3. The fraction of sp³-hybridized carbons (Fsp3) is 0.143. The van der Waals surface area contributed by atoms with Crippen LogP contribution in [0.2, 0.25) is 0 Å². The van der Waals surface area contributed by atoms with Gasteiger partial charge in [0.2, 0.25) is 0 Å². The maximum absolute atomic E-state index is 11.6. The minimum atomic E-state index is -0.741. The number of thiophene rings is 1. The van der Waals surface area contributed by atoms with Gasteiger partial charge in [-0.3, -0.25) is 4.79 Å². The molecule has 3 rings (SSSR count). The van der Waals surface area contributed by atoms with Crippen LogP contribution in [0.3, 0.4) is 0 Å². The number of carbonyl (C=O) groups excluding carboxylic acids is 2. The molecular formula is C21H22N4O3S. The Morgan fingerprint density at radius 2 is 1.72 bits per heavy atom. The largest absolute Gasteiger partial charge is 0.497 e. The molecule has 0 aliphatic heterocycles. The van der Waals surface area contributed by atoms with Crippen molar-refractivity contribution in [3.05, 3.63) is 70.6 Å². The number of nitrogens with one attached hydrogen (secondary N) is 2. The Morgan fingerprint density at radius 3 is 2.38 bits per heavy atom. The normalized spacial score (nSPS) is 10.5. The van der Waals surface area contributed by atoms with Crippen molar-refractivity contribution in [1.29, 1.82) is 0 Å². The number of ether oxygens (including phenoxy) is 1. The molecule has 0 bridgehead atoms. The lowest BCUT2D eigenvalue weighted by Gasteiger charge is -2.07. The molecule has 0 saturated heterocycles. The van der Waals surface area contributed by atoms with Crippen molar-refractivity contribution in [2.75, 3.05) is 12.4 Å². The average molecular weight is 410 g/mol. The van der Waals surface area contributed by atoms with Crippen LogP contribution >= 0.6 is 11.3 Å². The zero-order valence-electron chi connectivity index (χ0n) is 15.9. The number of primary amides is 2. The maximum Gasteiger partial charge on any atom is 0.316 e. The van der Waals surface area contributed by atoms with Crippen LogP contribution in [0.25, 0.3) is 10.4 Å². The summed E-state index contributed by atoms with van der Waals surface area (Å²) in [6.45, 7) is 1.44. The fourth-order valence-electron chi connectivity index (χ4n) is 2.86. The number of carbonyl (C=O) groups is 2. The number of anilines is 1. The van der Waals surface area contributed by atoms with E-state index in [-0.39, 0.29) is 4.88 Å². The molecular weight excluding hydrogens is 388 g/mol. The quantitative estimate of drug-likeness (QED) is 0.455. The molecule has 8 heteroatoms. The molecule has 3 amide bonds. The van der Waals surface area contributed by atoms with Crippen molar-refractivity contribution in [1.82, 2.24) is 5.32 Å². The number of benzene rings is 2. The van der Waals surface area contributed by atoms with E-state index in [1.165, 1.54) is 11.3 Å². The van der Waals surface area contributed by atoms with Crippen LogP contribution in [0.1, 0.15) is 20.8 Å². The monoisotopic (exact) mass is 410 g/mol. The first-order valence-electron chi connectivity index (χ1n) is 8.89. The molecule has 0 unspecified atom stereocenters. The number of methoxy groups -OCH3 is 1. The van der Waals surface area contributed by atoms with Crippen molar-refractivity contribution in [2.45, 2.75) is 13.1 Å². The highest BCUT2D eigenvalue weighted by Crippen LogP contribution is 2.34. The molecule has 2 aromatic carbocycles. The Labute approximate surface area is 172 Å². The molecule has 1 heterocycles. The highest BCUT2D eigenvalue weighted by molar-refractivity contribution is 7.18. The first kappa shape index (κ1) is 20.4. The van der Waals surface area contributed by atoms with Crippen molar-refractivity contribution in [3.8, 4) is 16.2 Å². The molecule has 6 N–H and O–H groups in total. The average Bonchev–Trinajstić information content (AvgIpc) is 3.12. The van der Waals surface area contributed by atoms with Gasteiger partial charge in [-0.25, -0.2) is 4.79 Å². The Morgan fingerprint density at radius 1 is 1.00 bits per heavy atom. The van der Waals surface area contributed by atoms with Gasteiger partial charge < -0.3 is 26.8 Å². The number of rotatable bonds is 8. The summed E-state index contributed by atoms with van der Waals surface area (Å²) in [5.41, 5.74) is 14.1. The number of hydrogen-bond acceptors (Lipinski definition) is 5. The third kappa shape index (κ3) is 5.34. The van der Waals surface area contributed by atoms with E-state index in [1.807, 2.05) is 48.5 Å². The molecule has 29 heavy (non-hydrogen) atoms. The van der Waals surface area contributed by atoms with Gasteiger partial charge in [-0.15, -0.1) is 11.3 Å². The SMILES string of the molecule is COc1cccc(CNCc2ccc(-c3cc(NC(N)=O)c(C(N)=O)s3)cc2)c1. The van der Waals surface area contributed by atoms with Gasteiger partial charge in [-0.2, -0.15) is 0 Å². The highest BCUT2D eigenvalue weighted by Gasteiger charge is 2.16. The van der Waals surface area contributed by atoms with E-state index in [4.69, 9.17) is 16.2 Å². The topological polar surface area (TPSA) is 119 Å². The van der Waals surface area contributed by atoms with E-state index in [2.05, 4.69) is 10.6 Å². The second-order valence-corrected chi connectivity index (χ2v) is 7.41. The van der Waals surface area contributed by atoms with Crippen molar-refractivity contribution in [3.63, 3.8) is 0 Å². The van der Waals surface area contributed by atoms with Gasteiger partial charge in [0.05, 0.1) is 12.8 Å². The Kier molecular flexibility index (Phi) is 6.48. The summed E-state index contributed by atoms with van der Waals surface area (Å²) in [6, 6.07) is 16.8. The first-order valence-corrected chi connectivity index (χ1v) is 9.71. The van der Waals surface area contributed by atoms with Crippen LogP contribution in [0.5, 0.6) is 5.75 Å². The minimum absolute atomic E-state index is 0.267. The zero-order valence-corrected chi connectivity index (χ0v) is 16.7. The van der Waals surface area contributed by atoms with Crippen molar-refractivity contribution in [2.24, 2.45) is 11.5 Å². The van der Waals surface area contributed by atoms with Crippen molar-refractivity contribution >= 4 is 29.0 Å². The summed E-state index contributed by atoms with van der Waals surface area (Å²) < 4.78 is 5.23. The number of nitrogens with two attached hydrogens (primary N) is 2. The Bertz CT molecular complexity index is 1020. The van der Waals surface area contributed by atoms with Crippen LogP contribution in [-0.2, 0) is 13.1 Å². The molecule has 7 nitrogen and oxygen atoms in total. The fourth-order valence-corrected chi connectivity index (χ4v) is 3.83. The molecule has 1 aromatic heterocycles. The maximum atomic E-state index is 11.6. The molecule has 0 atom stereocenters. The lowest BCUT2D eigenvalue weighted by molar-refractivity contribution is 0.100. The third-order valence-electron chi connectivity index (χ3n) is 4.24. The van der Waals surface area contributed by atoms with Crippen LogP contribution in [-0.4, -0.2) is 19.0 Å². The predicted octanol–water partition coefficient (Wildman–Crippen LogP) is 3.30. The molecule has 0 saturated carbocycles. The second-order valence-electron chi connectivity index (χ2n) is 6.36. The van der Waals surface area contributed by atoms with Crippen LogP contribution < -0.4 is 26.8 Å². The van der Waals surface area contributed by atoms with Crippen molar-refractivity contribution < 1.29 is 14.3 Å². The summed E-state index contributed by atoms with van der Waals surface area (Å²) in [4.78, 5) is 23.8. The molecule has 0 spiro atoms. The molecule has 0 fully saturated rings. The highest BCUT2D eigenvalue weighted by atomic mass is 32.1. The van der Waals surface area contributed by atoms with Gasteiger partial charge in [0, 0.05) is 18.0 Å². The zero-order chi connectivity index (χ0) is 20.8. The van der Waals surface area contributed by atoms with E-state index in [0.717, 1.165) is 33.9 Å². The van der Waals surface area contributed by atoms with E-state index in [1.54, 1.807) is 13.2 Å². The Balaban J connectivity index is 1.65. The third-order valence-corrected chi connectivity index (χ3v) is 5.44. The summed E-state index contributed by atoms with van der Waals surface area (Å²) in [7, 11) is 1.65. The number of urea groups is 1. The van der Waals surface area contributed by atoms with Crippen LogP contribution in [0.4, 0.5) is 10.5 Å². The van der Waals surface area contributed by atoms with E-state index in [9.17, 15) is 9.59 Å². The molecule has 150 valence electrons. The molecule has 0 aliphatic carbocycles. The molecule has 0 radical (unpaired) electrons. The van der Waals surface area contributed by atoms with Crippen LogP contribution in [0, 0.1) is 0 Å². The molecule has 3 aromatic rings. The van der Waals surface area contributed by atoms with Gasteiger partial charge in [0.25, 0.3) is 5.91 Å². The van der Waals surface area contributed by atoms with E-state index >= 15 is 0 Å². The second kappa shape index (κ2) is 9.22. The summed E-state index contributed by atoms with van der Waals surface area (Å²) >= 11 is 1.21. The van der Waals surface area contributed by atoms with Crippen LogP contribution in [0.15, 0.2) is 54.6 Å². The predicted molar refractivity (Wildman–Crippen MR) is 115 cm³/mol. The molecule has 0 aliphatic rings. The lowest BCUT2D eigenvalue weighted by Crippen LogP contribution is -2.21. The van der Waals surface area contributed by atoms with Gasteiger partial charge in [-0.05, 0) is 34.9 Å². The van der Waals surface area contributed by atoms with Gasteiger partial charge >= 0.3 is 6.03 Å². The summed E-state index contributed by atoms with van der Waals surface area (Å²) in [6.07, 6.45) is 0. The Hall–Kier alpha value is -3.36. The first-order chi connectivity index (χ1) is 14.0. The lowest BCUT2D eigenvalue weighted by atomic mass is 10.1. The summed E-state index contributed by atoms with van der Waals surface area (Å²) in [5.74, 6) is 0.230. The number of hydrogen-bond donors (Lipinski definition) is 4. The van der Waals surface area contributed by atoms with E-state index in [0.29, 0.717) is 12.2 Å². The standard InChI is InChI=1S/C21H22N4O3S/c1-28-16-4-2-3-14(9-16)12-24-11-13-5-7-15(8-6-13)18-10-17(25-21(23)27)19(29-18)20(22)26/h2-10,24H,11-12H2,1H3,(H2,22,26)(H3,23,25,27). The smallest absolute Gasteiger partial charge is 0.316 e. The van der Waals surface area contributed by atoms with Gasteiger partial charge in [0.1, 0.15) is 10.6 Å². The minimum Gasteiger partial charge on any atom is -0.497 e. The van der Waals surface area contributed by atoms with Gasteiger partial charge in [-0.1, -0.05) is 36.4 Å². The summed E-state index contributed by atoms with van der Waals surface area (Å²) in [5, 5.41) is 5.84. The van der Waals surface area contributed by atoms with E-state index < -0.39 is 11.9 Å².